The summed E-state index contributed by atoms with van der Waals surface area (Å²) in [6, 6.07) is 0.110. The lowest BCUT2D eigenvalue weighted by atomic mass is 9.91. The molecule has 1 aliphatic rings. The van der Waals surface area contributed by atoms with Crippen LogP contribution in [-0.2, 0) is 11.3 Å². The number of ether oxygens (including phenoxy) is 1. The van der Waals surface area contributed by atoms with Gasteiger partial charge in [-0.2, -0.15) is 5.10 Å². The summed E-state index contributed by atoms with van der Waals surface area (Å²) in [6.45, 7) is 11.6. The first kappa shape index (κ1) is 17.7. The molecule has 0 aliphatic carbocycles. The fourth-order valence-electron chi connectivity index (χ4n) is 2.91. The number of carbonyl (C=O) groups is 1. The maximum absolute atomic E-state index is 11.9. The SMILES string of the molecule is C[C@H](NC(=O)OC(C)(C)C)[C@@H]1CCCN(CCn2cncn2)C1. The molecular formula is C16H29N5O2. The van der Waals surface area contributed by atoms with Crippen LogP contribution in [0.4, 0.5) is 4.79 Å². The van der Waals surface area contributed by atoms with Crippen LogP contribution in [0.25, 0.3) is 0 Å². The molecule has 2 atom stereocenters. The number of hydrogen-bond donors (Lipinski definition) is 1. The lowest BCUT2D eigenvalue weighted by molar-refractivity contribution is 0.0467. The van der Waals surface area contributed by atoms with E-state index in [2.05, 4.69) is 27.2 Å². The summed E-state index contributed by atoms with van der Waals surface area (Å²) < 4.78 is 7.19. The van der Waals surface area contributed by atoms with E-state index >= 15 is 0 Å². The van der Waals surface area contributed by atoms with Crippen molar-refractivity contribution in [3.05, 3.63) is 12.7 Å². The Labute approximate surface area is 138 Å². The zero-order valence-corrected chi connectivity index (χ0v) is 14.7. The molecule has 1 aliphatic heterocycles. The monoisotopic (exact) mass is 323 g/mol. The lowest BCUT2D eigenvalue weighted by Gasteiger charge is -2.36. The Kier molecular flexibility index (Phi) is 5.98. The first-order valence-electron chi connectivity index (χ1n) is 8.38. The molecule has 2 rings (SSSR count). The van der Waals surface area contributed by atoms with Crippen LogP contribution in [0.15, 0.2) is 12.7 Å². The highest BCUT2D eigenvalue weighted by atomic mass is 16.6. The molecule has 0 saturated carbocycles. The number of rotatable bonds is 5. The Morgan fingerprint density at radius 3 is 2.87 bits per heavy atom. The number of nitrogens with one attached hydrogen (secondary N) is 1. The van der Waals surface area contributed by atoms with E-state index in [-0.39, 0.29) is 12.1 Å². The smallest absolute Gasteiger partial charge is 0.407 e. The fourth-order valence-corrected chi connectivity index (χ4v) is 2.91. The third-order valence-electron chi connectivity index (χ3n) is 4.11. The van der Waals surface area contributed by atoms with Crippen molar-refractivity contribution in [2.24, 2.45) is 5.92 Å². The molecule has 7 heteroatoms. The van der Waals surface area contributed by atoms with Gasteiger partial charge >= 0.3 is 6.09 Å². The minimum Gasteiger partial charge on any atom is -0.444 e. The van der Waals surface area contributed by atoms with Crippen LogP contribution in [-0.4, -0.2) is 57.0 Å². The maximum Gasteiger partial charge on any atom is 0.407 e. The Morgan fingerprint density at radius 1 is 1.43 bits per heavy atom. The minimum absolute atomic E-state index is 0.110. The Hall–Kier alpha value is -1.63. The van der Waals surface area contributed by atoms with E-state index in [9.17, 15) is 4.79 Å². The van der Waals surface area contributed by atoms with Crippen molar-refractivity contribution in [2.75, 3.05) is 19.6 Å². The Bertz CT molecular complexity index is 483. The molecule has 1 N–H and O–H groups in total. The van der Waals surface area contributed by atoms with Crippen LogP contribution in [0.1, 0.15) is 40.5 Å². The van der Waals surface area contributed by atoms with Crippen molar-refractivity contribution in [3.63, 3.8) is 0 Å². The van der Waals surface area contributed by atoms with Crippen molar-refractivity contribution in [1.82, 2.24) is 25.0 Å². The van der Waals surface area contributed by atoms with Gasteiger partial charge in [0.15, 0.2) is 0 Å². The van der Waals surface area contributed by atoms with Gasteiger partial charge in [-0.05, 0) is 53.0 Å². The molecule has 0 aromatic carbocycles. The van der Waals surface area contributed by atoms with E-state index in [1.807, 2.05) is 25.5 Å². The Morgan fingerprint density at radius 2 is 2.22 bits per heavy atom. The molecule has 0 unspecified atom stereocenters. The highest BCUT2D eigenvalue weighted by Gasteiger charge is 2.27. The lowest BCUT2D eigenvalue weighted by Crippen LogP contribution is -2.47. The molecular weight excluding hydrogens is 294 g/mol. The summed E-state index contributed by atoms with van der Waals surface area (Å²) in [7, 11) is 0. The van der Waals surface area contributed by atoms with Gasteiger partial charge in [0.05, 0.1) is 6.54 Å². The van der Waals surface area contributed by atoms with Crippen molar-refractivity contribution in [3.8, 4) is 0 Å². The second kappa shape index (κ2) is 7.77. The zero-order valence-electron chi connectivity index (χ0n) is 14.7. The number of carbonyl (C=O) groups excluding carboxylic acids is 1. The minimum atomic E-state index is -0.458. The number of nitrogens with zero attached hydrogens (tertiary/aromatic N) is 4. The fraction of sp³-hybridized carbons (Fsp3) is 0.812. The van der Waals surface area contributed by atoms with Gasteiger partial charge in [-0.15, -0.1) is 0 Å². The van der Waals surface area contributed by atoms with Crippen LogP contribution in [0.5, 0.6) is 0 Å². The molecule has 0 bridgehead atoms. The van der Waals surface area contributed by atoms with Gasteiger partial charge in [0.1, 0.15) is 18.3 Å². The van der Waals surface area contributed by atoms with Crippen molar-refractivity contribution < 1.29 is 9.53 Å². The second-order valence-corrected chi connectivity index (χ2v) is 7.30. The first-order valence-corrected chi connectivity index (χ1v) is 8.38. The van der Waals surface area contributed by atoms with Gasteiger partial charge < -0.3 is 15.0 Å². The van der Waals surface area contributed by atoms with Gasteiger partial charge in [-0.3, -0.25) is 4.68 Å². The second-order valence-electron chi connectivity index (χ2n) is 7.30. The van der Waals surface area contributed by atoms with Gasteiger partial charge in [0, 0.05) is 19.1 Å². The highest BCUT2D eigenvalue weighted by molar-refractivity contribution is 5.68. The number of piperidine rings is 1. The zero-order chi connectivity index (χ0) is 16.9. The average Bonchev–Trinajstić information content (AvgIpc) is 2.96. The van der Waals surface area contributed by atoms with E-state index in [4.69, 9.17) is 4.74 Å². The summed E-state index contributed by atoms with van der Waals surface area (Å²) in [6.07, 6.45) is 5.27. The van der Waals surface area contributed by atoms with Crippen LogP contribution in [0.3, 0.4) is 0 Å². The molecule has 2 heterocycles. The predicted octanol–water partition coefficient (Wildman–Crippen LogP) is 1.90. The Balaban J connectivity index is 1.76. The maximum atomic E-state index is 11.9. The number of alkyl carbamates (subject to hydrolysis) is 1. The van der Waals surface area contributed by atoms with E-state index in [1.54, 1.807) is 12.7 Å². The molecule has 0 radical (unpaired) electrons. The normalized spacial score (nSPS) is 21.0. The highest BCUT2D eigenvalue weighted by Crippen LogP contribution is 2.20. The van der Waals surface area contributed by atoms with E-state index in [0.717, 1.165) is 39.0 Å². The van der Waals surface area contributed by atoms with Crippen LogP contribution >= 0.6 is 0 Å². The molecule has 130 valence electrons. The van der Waals surface area contributed by atoms with Crippen LogP contribution < -0.4 is 5.32 Å². The molecule has 1 saturated heterocycles. The van der Waals surface area contributed by atoms with Gasteiger partial charge in [-0.1, -0.05) is 0 Å². The summed E-state index contributed by atoms with van der Waals surface area (Å²) in [5.74, 6) is 0.451. The van der Waals surface area contributed by atoms with Gasteiger partial charge in [0.25, 0.3) is 0 Å². The standard InChI is InChI=1S/C16H29N5O2/c1-13(19-15(22)23-16(2,3)4)14-6-5-7-20(10-14)8-9-21-12-17-11-18-21/h11-14H,5-10H2,1-4H3,(H,19,22)/t13-,14+/m0/s1. The average molecular weight is 323 g/mol. The molecule has 23 heavy (non-hydrogen) atoms. The topological polar surface area (TPSA) is 72.3 Å². The van der Waals surface area contributed by atoms with Crippen LogP contribution in [0.2, 0.25) is 0 Å². The van der Waals surface area contributed by atoms with Crippen molar-refractivity contribution in [1.29, 1.82) is 0 Å². The molecule has 7 nitrogen and oxygen atoms in total. The molecule has 1 fully saturated rings. The summed E-state index contributed by atoms with van der Waals surface area (Å²) in [4.78, 5) is 18.3. The summed E-state index contributed by atoms with van der Waals surface area (Å²) in [5, 5.41) is 7.11. The van der Waals surface area contributed by atoms with Crippen molar-refractivity contribution >= 4 is 6.09 Å². The quantitative estimate of drug-likeness (QED) is 0.896. The first-order chi connectivity index (χ1) is 10.8. The molecule has 1 aromatic rings. The van der Waals surface area contributed by atoms with Gasteiger partial charge in [0.2, 0.25) is 0 Å². The van der Waals surface area contributed by atoms with E-state index in [1.165, 1.54) is 0 Å². The van der Waals surface area contributed by atoms with E-state index in [0.29, 0.717) is 5.92 Å². The third kappa shape index (κ3) is 6.17. The summed E-state index contributed by atoms with van der Waals surface area (Å²) in [5.41, 5.74) is -0.458. The third-order valence-corrected chi connectivity index (χ3v) is 4.11. The predicted molar refractivity (Wildman–Crippen MR) is 88.0 cm³/mol. The summed E-state index contributed by atoms with van der Waals surface area (Å²) >= 11 is 0. The molecule has 1 aromatic heterocycles. The number of amides is 1. The molecule has 1 amide bonds. The number of hydrogen-bond acceptors (Lipinski definition) is 5. The number of aromatic nitrogens is 3. The largest absolute Gasteiger partial charge is 0.444 e. The number of likely N-dealkylation sites (tertiary alicyclic amines) is 1. The van der Waals surface area contributed by atoms with E-state index < -0.39 is 5.60 Å². The van der Waals surface area contributed by atoms with Gasteiger partial charge in [-0.25, -0.2) is 9.78 Å². The van der Waals surface area contributed by atoms with Crippen molar-refractivity contribution in [2.45, 2.75) is 58.7 Å². The molecule has 0 spiro atoms. The van der Waals surface area contributed by atoms with Crippen LogP contribution in [0, 0.1) is 5.92 Å².